The van der Waals surface area contributed by atoms with Gasteiger partial charge in [-0.1, -0.05) is 23.2 Å². The molecule has 0 spiro atoms. The highest BCUT2D eigenvalue weighted by atomic mass is 35.5. The molecule has 0 aliphatic rings. The van der Waals surface area contributed by atoms with Crippen molar-refractivity contribution in [1.29, 1.82) is 5.26 Å². The zero-order valence-electron chi connectivity index (χ0n) is 9.39. The van der Waals surface area contributed by atoms with Crippen molar-refractivity contribution < 1.29 is 4.79 Å². The van der Waals surface area contributed by atoms with Gasteiger partial charge in [-0.3, -0.25) is 4.79 Å². The molecule has 5 nitrogen and oxygen atoms in total. The Hall–Kier alpha value is -2.16. The van der Waals surface area contributed by atoms with Crippen molar-refractivity contribution in [2.24, 2.45) is 5.73 Å². The van der Waals surface area contributed by atoms with E-state index in [-0.39, 0.29) is 27.0 Å². The summed E-state index contributed by atoms with van der Waals surface area (Å²) >= 11 is 11.8. The summed E-state index contributed by atoms with van der Waals surface area (Å²) < 4.78 is 0. The first-order valence-corrected chi connectivity index (χ1v) is 5.80. The first-order valence-electron chi connectivity index (χ1n) is 5.05. The van der Waals surface area contributed by atoms with Gasteiger partial charge in [0.2, 0.25) is 0 Å². The van der Waals surface area contributed by atoms with Gasteiger partial charge in [0.25, 0.3) is 5.91 Å². The lowest BCUT2D eigenvalue weighted by Crippen LogP contribution is -2.11. The molecule has 1 heterocycles. The first-order chi connectivity index (χ1) is 9.04. The molecule has 0 bridgehead atoms. The maximum Gasteiger partial charge on any atom is 0.251 e. The van der Waals surface area contributed by atoms with E-state index in [4.69, 9.17) is 34.2 Å². The molecule has 7 heteroatoms. The van der Waals surface area contributed by atoms with Gasteiger partial charge in [0.05, 0.1) is 21.2 Å². The number of primary amides is 1. The van der Waals surface area contributed by atoms with Crippen molar-refractivity contribution in [2.75, 3.05) is 0 Å². The fraction of sp³-hybridized carbons (Fsp3) is 0. The first kappa shape index (κ1) is 13.3. The maximum absolute atomic E-state index is 10.9. The Labute approximate surface area is 118 Å². The van der Waals surface area contributed by atoms with Gasteiger partial charge >= 0.3 is 0 Å². The second kappa shape index (κ2) is 5.22. The molecule has 1 aromatic heterocycles. The van der Waals surface area contributed by atoms with E-state index in [0.717, 1.165) is 0 Å². The molecule has 0 saturated carbocycles. The number of carbonyl (C=O) groups excluding carboxylic acids is 1. The van der Waals surface area contributed by atoms with Crippen LogP contribution >= 0.6 is 23.2 Å². The lowest BCUT2D eigenvalue weighted by atomic mass is 10.1. The minimum Gasteiger partial charge on any atom is -0.366 e. The fourth-order valence-corrected chi connectivity index (χ4v) is 1.81. The topological polar surface area (TPSA) is 92.7 Å². The number of aromatic nitrogens is 2. The summed E-state index contributed by atoms with van der Waals surface area (Å²) in [5, 5.41) is 9.52. The van der Waals surface area contributed by atoms with Crippen molar-refractivity contribution >= 4 is 29.1 Å². The smallest absolute Gasteiger partial charge is 0.251 e. The monoisotopic (exact) mass is 292 g/mol. The van der Waals surface area contributed by atoms with E-state index < -0.39 is 5.91 Å². The third-order valence-corrected chi connectivity index (χ3v) is 3.19. The SMILES string of the molecule is N#Cc1c(-c2ncc(C(N)=O)cn2)ccc(Cl)c1Cl. The molecule has 0 atom stereocenters. The molecule has 2 aromatic rings. The molecule has 0 fully saturated rings. The molecule has 1 aromatic carbocycles. The second-order valence-corrected chi connectivity index (χ2v) is 4.34. The molecule has 2 N–H and O–H groups in total. The van der Waals surface area contributed by atoms with Gasteiger partial charge in [0.15, 0.2) is 5.82 Å². The molecule has 19 heavy (non-hydrogen) atoms. The lowest BCUT2D eigenvalue weighted by Gasteiger charge is -2.05. The summed E-state index contributed by atoms with van der Waals surface area (Å²) in [7, 11) is 0. The molecule has 0 aliphatic carbocycles. The molecule has 94 valence electrons. The molecular formula is C12H6Cl2N4O. The van der Waals surface area contributed by atoms with Crippen LogP contribution in [0.1, 0.15) is 15.9 Å². The standard InChI is InChI=1S/C12H6Cl2N4O/c13-9-2-1-7(8(3-15)10(9)14)12-17-4-6(5-18-12)11(16)19/h1-2,4-5H,(H2,16,19). The number of hydrogen-bond donors (Lipinski definition) is 1. The number of amides is 1. The summed E-state index contributed by atoms with van der Waals surface area (Å²) in [6.45, 7) is 0. The number of nitrogens with two attached hydrogens (primary N) is 1. The van der Waals surface area contributed by atoms with E-state index in [1.165, 1.54) is 12.4 Å². The predicted octanol–water partition coefficient (Wildman–Crippen LogP) is 2.42. The lowest BCUT2D eigenvalue weighted by molar-refractivity contribution is 0.0999. The maximum atomic E-state index is 10.9. The molecule has 2 rings (SSSR count). The molecular weight excluding hydrogens is 287 g/mol. The van der Waals surface area contributed by atoms with Gasteiger partial charge < -0.3 is 5.73 Å². The Kier molecular flexibility index (Phi) is 3.65. The molecule has 0 radical (unpaired) electrons. The highest BCUT2D eigenvalue weighted by Gasteiger charge is 2.14. The summed E-state index contributed by atoms with van der Waals surface area (Å²) in [6, 6.07) is 5.09. The summed E-state index contributed by atoms with van der Waals surface area (Å²) in [4.78, 5) is 18.9. The number of hydrogen-bond acceptors (Lipinski definition) is 4. The summed E-state index contributed by atoms with van der Waals surface area (Å²) in [6.07, 6.45) is 2.57. The zero-order valence-corrected chi connectivity index (χ0v) is 10.9. The van der Waals surface area contributed by atoms with Crippen LogP contribution in [0.2, 0.25) is 10.0 Å². The van der Waals surface area contributed by atoms with Gasteiger partial charge in [0.1, 0.15) is 6.07 Å². The fourth-order valence-electron chi connectivity index (χ4n) is 1.44. The highest BCUT2D eigenvalue weighted by molar-refractivity contribution is 6.43. The van der Waals surface area contributed by atoms with E-state index in [2.05, 4.69) is 9.97 Å². The molecule has 0 unspecified atom stereocenters. The van der Waals surface area contributed by atoms with Crippen molar-refractivity contribution in [3.63, 3.8) is 0 Å². The van der Waals surface area contributed by atoms with Crippen molar-refractivity contribution in [3.05, 3.63) is 45.7 Å². The van der Waals surface area contributed by atoms with E-state index >= 15 is 0 Å². The highest BCUT2D eigenvalue weighted by Crippen LogP contribution is 2.32. The molecule has 1 amide bonds. The van der Waals surface area contributed by atoms with Crippen LogP contribution in [-0.2, 0) is 0 Å². The van der Waals surface area contributed by atoms with Gasteiger partial charge in [-0.15, -0.1) is 0 Å². The van der Waals surface area contributed by atoms with Gasteiger partial charge in [0, 0.05) is 18.0 Å². The van der Waals surface area contributed by atoms with Crippen LogP contribution in [0.25, 0.3) is 11.4 Å². The van der Waals surface area contributed by atoms with Gasteiger partial charge in [-0.2, -0.15) is 5.26 Å². The van der Waals surface area contributed by atoms with E-state index in [9.17, 15) is 4.79 Å². The third-order valence-electron chi connectivity index (χ3n) is 2.38. The van der Waals surface area contributed by atoms with E-state index in [1.54, 1.807) is 12.1 Å². The number of benzene rings is 1. The number of carbonyl (C=O) groups is 1. The average Bonchev–Trinajstić information content (AvgIpc) is 2.41. The Morgan fingerprint density at radius 1 is 1.26 bits per heavy atom. The van der Waals surface area contributed by atoms with E-state index in [1.807, 2.05) is 6.07 Å². The van der Waals surface area contributed by atoms with Crippen LogP contribution in [0.3, 0.4) is 0 Å². The third kappa shape index (κ3) is 2.50. The van der Waals surface area contributed by atoms with Crippen molar-refractivity contribution in [2.45, 2.75) is 0 Å². The summed E-state index contributed by atoms with van der Waals surface area (Å²) in [5.41, 5.74) is 5.89. The quantitative estimate of drug-likeness (QED) is 0.920. The minimum absolute atomic E-state index is 0.143. The number of rotatable bonds is 2. The van der Waals surface area contributed by atoms with Crippen LogP contribution in [0.5, 0.6) is 0 Å². The van der Waals surface area contributed by atoms with Crippen LogP contribution in [0, 0.1) is 11.3 Å². The Bertz CT molecular complexity index is 692. The van der Waals surface area contributed by atoms with Crippen molar-refractivity contribution in [1.82, 2.24) is 9.97 Å². The molecule has 0 aliphatic heterocycles. The van der Waals surface area contributed by atoms with Gasteiger partial charge in [-0.05, 0) is 12.1 Å². The minimum atomic E-state index is -0.624. The van der Waals surface area contributed by atoms with E-state index in [0.29, 0.717) is 5.56 Å². The Morgan fingerprint density at radius 2 is 1.89 bits per heavy atom. The van der Waals surface area contributed by atoms with Crippen molar-refractivity contribution in [3.8, 4) is 17.5 Å². The van der Waals surface area contributed by atoms with Gasteiger partial charge in [-0.25, -0.2) is 9.97 Å². The number of halogens is 2. The Morgan fingerprint density at radius 3 is 2.42 bits per heavy atom. The number of nitriles is 1. The largest absolute Gasteiger partial charge is 0.366 e. The second-order valence-electron chi connectivity index (χ2n) is 3.56. The average molecular weight is 293 g/mol. The summed E-state index contributed by atoms with van der Waals surface area (Å²) in [5.74, 6) is -0.360. The number of nitrogens with zero attached hydrogens (tertiary/aromatic N) is 3. The Balaban J connectivity index is 2.57. The predicted molar refractivity (Wildman–Crippen MR) is 70.7 cm³/mol. The zero-order chi connectivity index (χ0) is 14.0. The van der Waals surface area contributed by atoms with Crippen LogP contribution in [0.4, 0.5) is 0 Å². The normalized spacial score (nSPS) is 9.95. The van der Waals surface area contributed by atoms with Crippen LogP contribution in [0.15, 0.2) is 24.5 Å². The van der Waals surface area contributed by atoms with Crippen LogP contribution in [-0.4, -0.2) is 15.9 Å². The van der Waals surface area contributed by atoms with Crippen LogP contribution < -0.4 is 5.73 Å². The molecule has 0 saturated heterocycles.